The summed E-state index contributed by atoms with van der Waals surface area (Å²) >= 11 is 1.51. The predicted molar refractivity (Wildman–Crippen MR) is 117 cm³/mol. The van der Waals surface area contributed by atoms with E-state index in [2.05, 4.69) is 22.4 Å². The summed E-state index contributed by atoms with van der Waals surface area (Å²) < 4.78 is 11.1. The molecule has 0 bridgehead atoms. The molecule has 0 unspecified atom stereocenters. The van der Waals surface area contributed by atoms with Gasteiger partial charge in [0, 0.05) is 36.1 Å². The molecule has 0 saturated carbocycles. The maximum atomic E-state index is 12.1. The molecule has 29 heavy (non-hydrogen) atoms. The van der Waals surface area contributed by atoms with Crippen LogP contribution in [0.25, 0.3) is 11.3 Å². The van der Waals surface area contributed by atoms with Crippen LogP contribution in [-0.2, 0) is 14.3 Å². The van der Waals surface area contributed by atoms with E-state index in [1.165, 1.54) is 24.2 Å². The van der Waals surface area contributed by atoms with Crippen molar-refractivity contribution in [3.05, 3.63) is 35.7 Å². The summed E-state index contributed by atoms with van der Waals surface area (Å²) in [7, 11) is 0. The standard InChI is InChI=1S/C22H29N3O3S/c1-3-4-8-11-27-14-19-13-18(21(26)28-19)12-16(2)24-25-22-23-20(15-29-22)17-9-6-5-7-10-17/h5-7,9-10,15,18-19H,3-4,8,11-14H2,1-2H3,(H,23,25)/b24-16-/t18-,19-/m1/s1. The summed E-state index contributed by atoms with van der Waals surface area (Å²) in [5.74, 6) is -0.303. The van der Waals surface area contributed by atoms with E-state index < -0.39 is 0 Å². The Morgan fingerprint density at radius 2 is 2.17 bits per heavy atom. The van der Waals surface area contributed by atoms with Crippen LogP contribution in [0.1, 0.15) is 46.0 Å². The van der Waals surface area contributed by atoms with Gasteiger partial charge in [-0.3, -0.25) is 10.2 Å². The summed E-state index contributed by atoms with van der Waals surface area (Å²) in [6.07, 6.45) is 4.53. The van der Waals surface area contributed by atoms with Crippen molar-refractivity contribution in [1.29, 1.82) is 0 Å². The van der Waals surface area contributed by atoms with E-state index in [1.54, 1.807) is 0 Å². The highest BCUT2D eigenvalue weighted by Crippen LogP contribution is 2.26. The monoisotopic (exact) mass is 415 g/mol. The van der Waals surface area contributed by atoms with Crippen molar-refractivity contribution in [1.82, 2.24) is 4.98 Å². The average molecular weight is 416 g/mol. The van der Waals surface area contributed by atoms with Crippen LogP contribution in [0.15, 0.2) is 40.8 Å². The van der Waals surface area contributed by atoms with Crippen LogP contribution in [0.2, 0.25) is 0 Å². The van der Waals surface area contributed by atoms with Gasteiger partial charge in [-0.05, 0) is 13.3 Å². The van der Waals surface area contributed by atoms with Gasteiger partial charge in [0.2, 0.25) is 5.13 Å². The molecule has 3 rings (SSSR count). The third kappa shape index (κ3) is 6.65. The molecule has 1 fully saturated rings. The third-order valence-electron chi connectivity index (χ3n) is 4.82. The molecule has 2 heterocycles. The van der Waals surface area contributed by atoms with Gasteiger partial charge in [0.25, 0.3) is 0 Å². The minimum absolute atomic E-state index is 0.137. The zero-order valence-electron chi connectivity index (χ0n) is 17.1. The number of carbonyl (C=O) groups is 1. The van der Waals surface area contributed by atoms with Crippen molar-refractivity contribution >= 4 is 28.1 Å². The number of hydrazone groups is 1. The number of ether oxygens (including phenoxy) is 2. The first kappa shape index (κ1) is 21.5. The van der Waals surface area contributed by atoms with Gasteiger partial charge in [-0.2, -0.15) is 5.10 Å². The summed E-state index contributed by atoms with van der Waals surface area (Å²) in [5.41, 5.74) is 5.86. The van der Waals surface area contributed by atoms with Crippen LogP contribution in [0.3, 0.4) is 0 Å². The first-order chi connectivity index (χ1) is 14.2. The van der Waals surface area contributed by atoms with E-state index in [9.17, 15) is 4.79 Å². The second-order valence-electron chi connectivity index (χ2n) is 7.34. The maximum Gasteiger partial charge on any atom is 0.309 e. The minimum atomic E-state index is -0.152. The van der Waals surface area contributed by atoms with E-state index in [4.69, 9.17) is 9.47 Å². The van der Waals surface area contributed by atoms with Crippen molar-refractivity contribution < 1.29 is 14.3 Å². The van der Waals surface area contributed by atoms with Crippen molar-refractivity contribution in [3.63, 3.8) is 0 Å². The number of cyclic esters (lactones) is 1. The number of unbranched alkanes of at least 4 members (excludes halogenated alkanes) is 2. The van der Waals surface area contributed by atoms with Crippen molar-refractivity contribution in [2.24, 2.45) is 11.0 Å². The molecular formula is C22H29N3O3S. The number of benzene rings is 1. The van der Waals surface area contributed by atoms with E-state index >= 15 is 0 Å². The number of aromatic nitrogens is 1. The first-order valence-corrected chi connectivity index (χ1v) is 11.1. The van der Waals surface area contributed by atoms with Crippen LogP contribution in [0.4, 0.5) is 5.13 Å². The average Bonchev–Trinajstić information content (AvgIpc) is 3.34. The summed E-state index contributed by atoms with van der Waals surface area (Å²) in [6.45, 7) is 5.30. The Kier molecular flexibility index (Phi) is 8.19. The lowest BCUT2D eigenvalue weighted by Gasteiger charge is -2.09. The fourth-order valence-corrected chi connectivity index (χ4v) is 3.93. The normalized spacial score (nSPS) is 19.4. The molecule has 156 valence electrons. The number of anilines is 1. The highest BCUT2D eigenvalue weighted by molar-refractivity contribution is 7.14. The first-order valence-electron chi connectivity index (χ1n) is 10.2. The Hall–Kier alpha value is -2.25. The molecule has 0 spiro atoms. The van der Waals surface area contributed by atoms with Crippen molar-refractivity contribution in [3.8, 4) is 11.3 Å². The van der Waals surface area contributed by atoms with Crippen molar-refractivity contribution in [2.45, 2.75) is 52.1 Å². The van der Waals surface area contributed by atoms with Crippen LogP contribution >= 0.6 is 11.3 Å². The fraction of sp³-hybridized carbons (Fsp3) is 0.500. The number of hydrogen-bond donors (Lipinski definition) is 1. The summed E-state index contributed by atoms with van der Waals surface area (Å²) in [6, 6.07) is 10.0. The number of nitrogens with zero attached hydrogens (tertiary/aromatic N) is 2. The Balaban J connectivity index is 1.44. The van der Waals surface area contributed by atoms with Crippen LogP contribution in [0.5, 0.6) is 0 Å². The van der Waals surface area contributed by atoms with Crippen molar-refractivity contribution in [2.75, 3.05) is 18.6 Å². The zero-order valence-corrected chi connectivity index (χ0v) is 17.9. The molecule has 1 saturated heterocycles. The Morgan fingerprint density at radius 3 is 2.97 bits per heavy atom. The third-order valence-corrected chi connectivity index (χ3v) is 5.56. The second-order valence-corrected chi connectivity index (χ2v) is 8.20. The number of rotatable bonds is 11. The quantitative estimate of drug-likeness (QED) is 0.238. The molecule has 1 aliphatic heterocycles. The Bertz CT molecular complexity index is 807. The summed E-state index contributed by atoms with van der Waals surface area (Å²) in [5, 5.41) is 7.13. The number of nitrogens with one attached hydrogen (secondary N) is 1. The molecule has 1 aliphatic rings. The largest absolute Gasteiger partial charge is 0.460 e. The molecule has 2 aromatic rings. The lowest BCUT2D eigenvalue weighted by atomic mass is 9.99. The van der Waals surface area contributed by atoms with Gasteiger partial charge in [-0.1, -0.05) is 50.1 Å². The van der Waals surface area contributed by atoms with Gasteiger partial charge in [0.05, 0.1) is 18.2 Å². The van der Waals surface area contributed by atoms with Gasteiger partial charge in [0.1, 0.15) is 6.10 Å². The van der Waals surface area contributed by atoms with E-state index in [1.807, 2.05) is 42.6 Å². The Labute approximate surface area is 176 Å². The molecule has 1 N–H and O–H groups in total. The van der Waals surface area contributed by atoms with Gasteiger partial charge in [-0.25, -0.2) is 4.98 Å². The highest BCUT2D eigenvalue weighted by Gasteiger charge is 2.34. The van der Waals surface area contributed by atoms with Crippen LogP contribution in [0, 0.1) is 5.92 Å². The molecule has 1 aromatic heterocycles. The van der Waals surface area contributed by atoms with E-state index in [0.717, 1.165) is 35.1 Å². The number of carbonyl (C=O) groups excluding carboxylic acids is 1. The number of hydrogen-bond acceptors (Lipinski definition) is 7. The number of esters is 1. The topological polar surface area (TPSA) is 72.8 Å². The zero-order chi connectivity index (χ0) is 20.5. The Morgan fingerprint density at radius 1 is 1.34 bits per heavy atom. The molecule has 0 radical (unpaired) electrons. The fourth-order valence-electron chi connectivity index (χ4n) is 3.27. The summed E-state index contributed by atoms with van der Waals surface area (Å²) in [4.78, 5) is 16.7. The maximum absolute atomic E-state index is 12.1. The van der Waals surface area contributed by atoms with Gasteiger partial charge < -0.3 is 9.47 Å². The van der Waals surface area contributed by atoms with Gasteiger partial charge in [0.15, 0.2) is 0 Å². The lowest BCUT2D eigenvalue weighted by Crippen LogP contribution is -2.15. The van der Waals surface area contributed by atoms with Crippen LogP contribution in [-0.4, -0.2) is 36.0 Å². The molecule has 7 heteroatoms. The molecule has 0 amide bonds. The molecule has 0 aliphatic carbocycles. The van der Waals surface area contributed by atoms with Crippen LogP contribution < -0.4 is 5.43 Å². The molecule has 6 nitrogen and oxygen atoms in total. The predicted octanol–water partition coefficient (Wildman–Crippen LogP) is 5.13. The van der Waals surface area contributed by atoms with E-state index in [0.29, 0.717) is 19.4 Å². The van der Waals surface area contributed by atoms with Gasteiger partial charge in [-0.15, -0.1) is 11.3 Å². The molecule has 2 atom stereocenters. The number of thiazole rings is 1. The van der Waals surface area contributed by atoms with E-state index in [-0.39, 0.29) is 18.0 Å². The lowest BCUT2D eigenvalue weighted by molar-refractivity contribution is -0.146. The van der Waals surface area contributed by atoms with Gasteiger partial charge >= 0.3 is 5.97 Å². The second kappa shape index (κ2) is 11.1. The SMILES string of the molecule is CCCCCOC[C@H]1C[C@@H](C/C(C)=N\Nc2nc(-c3ccccc3)cs2)C(=O)O1. The minimum Gasteiger partial charge on any atom is -0.460 e. The molecular weight excluding hydrogens is 386 g/mol. The molecule has 1 aromatic carbocycles. The smallest absolute Gasteiger partial charge is 0.309 e. The highest BCUT2D eigenvalue weighted by atomic mass is 32.1.